The molecule has 0 unspecified atom stereocenters. The van der Waals surface area contributed by atoms with Gasteiger partial charge in [-0.05, 0) is 43.7 Å². The van der Waals surface area contributed by atoms with Crippen LogP contribution in [0.2, 0.25) is 0 Å². The summed E-state index contributed by atoms with van der Waals surface area (Å²) in [5, 5.41) is 2.61. The van der Waals surface area contributed by atoms with Gasteiger partial charge in [0.05, 0.1) is 5.69 Å². The highest BCUT2D eigenvalue weighted by Crippen LogP contribution is 2.09. The lowest BCUT2D eigenvalue weighted by Gasteiger charge is -2.05. The van der Waals surface area contributed by atoms with Crippen molar-refractivity contribution in [2.24, 2.45) is 0 Å². The second-order valence-corrected chi connectivity index (χ2v) is 3.94. The molecule has 4 nitrogen and oxygen atoms in total. The van der Waals surface area contributed by atoms with E-state index in [1.807, 2.05) is 13.0 Å². The van der Waals surface area contributed by atoms with E-state index >= 15 is 0 Å². The summed E-state index contributed by atoms with van der Waals surface area (Å²) in [7, 11) is 0. The van der Waals surface area contributed by atoms with Crippen LogP contribution < -0.4 is 5.32 Å². The molecule has 18 heavy (non-hydrogen) atoms. The fourth-order valence-corrected chi connectivity index (χ4v) is 1.46. The predicted octanol–water partition coefficient (Wildman–Crippen LogP) is 2.48. The van der Waals surface area contributed by atoms with Gasteiger partial charge in [-0.25, -0.2) is 14.4 Å². The summed E-state index contributed by atoms with van der Waals surface area (Å²) < 4.78 is 13.0. The van der Waals surface area contributed by atoms with Gasteiger partial charge in [-0.15, -0.1) is 0 Å². The maximum Gasteiger partial charge on any atom is 0.275 e. The summed E-state index contributed by atoms with van der Waals surface area (Å²) in [6, 6.07) is 6.14. The van der Waals surface area contributed by atoms with Crippen LogP contribution in [0.5, 0.6) is 0 Å². The standard InChI is InChI=1S/C13H12FN3O/c1-8-5-6-15-12(7-8)17-13(18)11-4-3-10(14)9(2)16-11/h3-7H,1-2H3,(H,15,17,18). The second kappa shape index (κ2) is 4.91. The van der Waals surface area contributed by atoms with Gasteiger partial charge in [-0.1, -0.05) is 0 Å². The third kappa shape index (κ3) is 2.68. The van der Waals surface area contributed by atoms with Gasteiger partial charge in [0.15, 0.2) is 0 Å². The number of hydrogen-bond donors (Lipinski definition) is 1. The SMILES string of the molecule is Cc1ccnc(NC(=O)c2ccc(F)c(C)n2)c1. The number of rotatable bonds is 2. The van der Waals surface area contributed by atoms with E-state index in [4.69, 9.17) is 0 Å². The minimum Gasteiger partial charge on any atom is -0.305 e. The number of aryl methyl sites for hydroxylation is 2. The Bertz CT molecular complexity index is 599. The topological polar surface area (TPSA) is 54.9 Å². The van der Waals surface area contributed by atoms with Crippen LogP contribution in [0.3, 0.4) is 0 Å². The van der Waals surface area contributed by atoms with E-state index in [0.29, 0.717) is 5.82 Å². The molecule has 0 aliphatic heterocycles. The summed E-state index contributed by atoms with van der Waals surface area (Å²) in [6.07, 6.45) is 1.61. The molecule has 0 aromatic carbocycles. The van der Waals surface area contributed by atoms with Crippen molar-refractivity contribution in [3.63, 3.8) is 0 Å². The average Bonchev–Trinajstić information content (AvgIpc) is 2.32. The van der Waals surface area contributed by atoms with Crippen LogP contribution in [-0.2, 0) is 0 Å². The second-order valence-electron chi connectivity index (χ2n) is 3.94. The zero-order valence-corrected chi connectivity index (χ0v) is 10.1. The highest BCUT2D eigenvalue weighted by atomic mass is 19.1. The quantitative estimate of drug-likeness (QED) is 0.884. The van der Waals surface area contributed by atoms with Gasteiger partial charge in [0.25, 0.3) is 5.91 Å². The lowest BCUT2D eigenvalue weighted by atomic mass is 10.2. The fourth-order valence-electron chi connectivity index (χ4n) is 1.46. The molecule has 0 aliphatic rings. The van der Waals surface area contributed by atoms with Crippen LogP contribution >= 0.6 is 0 Å². The predicted molar refractivity (Wildman–Crippen MR) is 65.9 cm³/mol. The first kappa shape index (κ1) is 12.2. The van der Waals surface area contributed by atoms with Crippen LogP contribution in [0, 0.1) is 19.7 Å². The minimum atomic E-state index is -0.430. The van der Waals surface area contributed by atoms with E-state index in [0.717, 1.165) is 5.56 Å². The Hall–Kier alpha value is -2.30. The van der Waals surface area contributed by atoms with Gasteiger partial charge < -0.3 is 5.32 Å². The molecular formula is C13H12FN3O. The molecule has 0 atom stereocenters. The molecule has 2 rings (SSSR count). The number of carbonyl (C=O) groups excluding carboxylic acids is 1. The number of aromatic nitrogens is 2. The van der Waals surface area contributed by atoms with E-state index in [-0.39, 0.29) is 11.4 Å². The van der Waals surface area contributed by atoms with Crippen molar-refractivity contribution in [1.29, 1.82) is 0 Å². The molecule has 1 amide bonds. The molecule has 0 bridgehead atoms. The van der Waals surface area contributed by atoms with E-state index in [2.05, 4.69) is 15.3 Å². The van der Waals surface area contributed by atoms with Crippen molar-refractivity contribution in [1.82, 2.24) is 9.97 Å². The Morgan fingerprint density at radius 3 is 2.72 bits per heavy atom. The fraction of sp³-hybridized carbons (Fsp3) is 0.154. The molecule has 0 spiro atoms. The molecule has 0 fully saturated rings. The Balaban J connectivity index is 2.19. The lowest BCUT2D eigenvalue weighted by Crippen LogP contribution is -2.15. The third-order valence-electron chi connectivity index (χ3n) is 2.41. The highest BCUT2D eigenvalue weighted by molar-refractivity contribution is 6.02. The lowest BCUT2D eigenvalue weighted by molar-refractivity contribution is 0.102. The first-order valence-electron chi connectivity index (χ1n) is 5.43. The smallest absolute Gasteiger partial charge is 0.275 e. The molecule has 0 saturated carbocycles. The van der Waals surface area contributed by atoms with Crippen molar-refractivity contribution < 1.29 is 9.18 Å². The molecule has 2 aromatic rings. The summed E-state index contributed by atoms with van der Waals surface area (Å²) in [5.41, 5.74) is 1.35. The molecule has 5 heteroatoms. The number of nitrogens with one attached hydrogen (secondary N) is 1. The molecule has 0 radical (unpaired) electrons. The van der Waals surface area contributed by atoms with Gasteiger partial charge in [-0.2, -0.15) is 0 Å². The van der Waals surface area contributed by atoms with Crippen molar-refractivity contribution in [3.8, 4) is 0 Å². The highest BCUT2D eigenvalue weighted by Gasteiger charge is 2.10. The van der Waals surface area contributed by atoms with Gasteiger partial charge in [0, 0.05) is 6.20 Å². The molecule has 2 heterocycles. The van der Waals surface area contributed by atoms with E-state index in [1.165, 1.54) is 19.1 Å². The van der Waals surface area contributed by atoms with Crippen molar-refractivity contribution in [2.75, 3.05) is 5.32 Å². The minimum absolute atomic E-state index is 0.164. The van der Waals surface area contributed by atoms with Gasteiger partial charge in [0.1, 0.15) is 17.3 Å². The summed E-state index contributed by atoms with van der Waals surface area (Å²) in [5.74, 6) is -0.389. The van der Waals surface area contributed by atoms with Gasteiger partial charge in [0.2, 0.25) is 0 Å². The average molecular weight is 245 g/mol. The van der Waals surface area contributed by atoms with Crippen LogP contribution in [0.25, 0.3) is 0 Å². The number of pyridine rings is 2. The Labute approximate surface area is 104 Å². The Morgan fingerprint density at radius 2 is 2.06 bits per heavy atom. The summed E-state index contributed by atoms with van der Waals surface area (Å²) in [6.45, 7) is 3.41. The van der Waals surface area contributed by atoms with Crippen LogP contribution in [0.15, 0.2) is 30.5 Å². The summed E-state index contributed by atoms with van der Waals surface area (Å²) in [4.78, 5) is 19.7. The zero-order valence-electron chi connectivity index (χ0n) is 10.1. The first-order valence-corrected chi connectivity index (χ1v) is 5.43. The molecule has 0 aliphatic carbocycles. The maximum atomic E-state index is 13.0. The van der Waals surface area contributed by atoms with Crippen molar-refractivity contribution >= 4 is 11.7 Å². The van der Waals surface area contributed by atoms with Crippen molar-refractivity contribution in [3.05, 3.63) is 53.2 Å². The van der Waals surface area contributed by atoms with Crippen LogP contribution in [0.1, 0.15) is 21.7 Å². The number of nitrogens with zero attached hydrogens (tertiary/aromatic N) is 2. The molecule has 2 aromatic heterocycles. The van der Waals surface area contributed by atoms with E-state index in [1.54, 1.807) is 12.3 Å². The normalized spacial score (nSPS) is 10.2. The van der Waals surface area contributed by atoms with Crippen LogP contribution in [0.4, 0.5) is 10.2 Å². The number of carbonyl (C=O) groups is 1. The van der Waals surface area contributed by atoms with Gasteiger partial charge in [-0.3, -0.25) is 4.79 Å². The maximum absolute atomic E-state index is 13.0. The van der Waals surface area contributed by atoms with E-state index in [9.17, 15) is 9.18 Å². The largest absolute Gasteiger partial charge is 0.305 e. The third-order valence-corrected chi connectivity index (χ3v) is 2.41. The van der Waals surface area contributed by atoms with E-state index < -0.39 is 11.7 Å². The number of anilines is 1. The molecule has 1 N–H and O–H groups in total. The van der Waals surface area contributed by atoms with Crippen molar-refractivity contribution in [2.45, 2.75) is 13.8 Å². The monoisotopic (exact) mass is 245 g/mol. The molecule has 0 saturated heterocycles. The zero-order chi connectivity index (χ0) is 13.1. The first-order chi connectivity index (χ1) is 8.56. The number of hydrogen-bond acceptors (Lipinski definition) is 3. The summed E-state index contributed by atoms with van der Waals surface area (Å²) >= 11 is 0. The molecular weight excluding hydrogens is 233 g/mol. The molecule has 92 valence electrons. The number of amides is 1. The number of halogens is 1. The Kier molecular flexibility index (Phi) is 3.32. The van der Waals surface area contributed by atoms with Crippen LogP contribution in [-0.4, -0.2) is 15.9 Å². The Morgan fingerprint density at radius 1 is 1.28 bits per heavy atom. The van der Waals surface area contributed by atoms with Gasteiger partial charge >= 0.3 is 0 Å².